The monoisotopic (exact) mass is 284 g/mol. The van der Waals surface area contributed by atoms with Crippen molar-refractivity contribution < 1.29 is 24.1 Å². The first kappa shape index (κ1) is 13.2. The molecular weight excluding hydrogens is 271 g/mol. The van der Waals surface area contributed by atoms with Gasteiger partial charge in [0.15, 0.2) is 11.2 Å². The predicted molar refractivity (Wildman–Crippen MR) is 63.5 cm³/mol. The zero-order chi connectivity index (χ0) is 14.3. The van der Waals surface area contributed by atoms with E-state index < -0.39 is 24.5 Å². The quantitative estimate of drug-likeness (QED) is 0.740. The van der Waals surface area contributed by atoms with Crippen molar-refractivity contribution in [2.45, 2.75) is 24.9 Å². The van der Waals surface area contributed by atoms with Gasteiger partial charge in [0.1, 0.15) is 12.3 Å². The van der Waals surface area contributed by atoms with Gasteiger partial charge in [0, 0.05) is 6.42 Å². The molecule has 2 aromatic heterocycles. The molecule has 1 saturated heterocycles. The maximum Gasteiger partial charge on any atom is 0.314 e. The van der Waals surface area contributed by atoms with Gasteiger partial charge in [-0.15, -0.1) is 0 Å². The van der Waals surface area contributed by atoms with Crippen molar-refractivity contribution in [3.8, 4) is 5.88 Å². The second-order valence-corrected chi connectivity index (χ2v) is 4.44. The Kier molecular flexibility index (Phi) is 3.24. The van der Waals surface area contributed by atoms with Crippen LogP contribution in [0.25, 0.3) is 11.2 Å². The molecule has 0 saturated carbocycles. The number of fused-ring (bicyclic) bond motifs is 1. The Balaban J connectivity index is 2.03. The number of methoxy groups -OCH3 is 1. The maximum atomic E-state index is 13.4. The topological polar surface area (TPSA) is 103 Å². The van der Waals surface area contributed by atoms with E-state index in [1.807, 2.05) is 0 Å². The van der Waals surface area contributed by atoms with Crippen LogP contribution in [0.4, 0.5) is 4.39 Å². The van der Waals surface area contributed by atoms with Crippen LogP contribution in [0.5, 0.6) is 5.88 Å². The fourth-order valence-electron chi connectivity index (χ4n) is 2.27. The molecule has 2 aromatic rings. The molecule has 0 radical (unpaired) electrons. The van der Waals surface area contributed by atoms with E-state index in [0.717, 1.165) is 0 Å². The molecule has 3 atom stereocenters. The Morgan fingerprint density at radius 1 is 1.55 bits per heavy atom. The summed E-state index contributed by atoms with van der Waals surface area (Å²) in [6, 6.07) is 0. The normalized spacial score (nSPS) is 26.3. The molecule has 0 bridgehead atoms. The summed E-state index contributed by atoms with van der Waals surface area (Å²) in [6.07, 6.45) is -1.31. The predicted octanol–water partition coefficient (Wildman–Crippen LogP) is -0.385. The van der Waals surface area contributed by atoms with Crippen molar-refractivity contribution in [2.75, 3.05) is 13.7 Å². The molecule has 20 heavy (non-hydrogen) atoms. The van der Waals surface area contributed by atoms with E-state index in [9.17, 15) is 9.50 Å². The summed E-state index contributed by atoms with van der Waals surface area (Å²) >= 11 is 0. The molecule has 0 aliphatic carbocycles. The number of aromatic nitrogens is 4. The molecule has 1 aliphatic rings. The minimum Gasteiger partial charge on any atom is -0.479 e. The molecule has 1 aliphatic heterocycles. The third kappa shape index (κ3) is 1.99. The average Bonchev–Trinajstić information content (AvgIpc) is 3.00. The number of rotatable bonds is 3. The van der Waals surface area contributed by atoms with Gasteiger partial charge in [-0.05, 0) is 0 Å². The summed E-state index contributed by atoms with van der Waals surface area (Å²) in [7, 11) is 1.36. The number of aliphatic hydroxyl groups is 2. The molecule has 8 nitrogen and oxygen atoms in total. The van der Waals surface area contributed by atoms with Crippen molar-refractivity contribution in [1.82, 2.24) is 19.5 Å². The van der Waals surface area contributed by atoms with E-state index in [0.29, 0.717) is 5.52 Å². The lowest BCUT2D eigenvalue weighted by Gasteiger charge is -2.13. The first-order chi connectivity index (χ1) is 9.63. The number of imidazole rings is 1. The van der Waals surface area contributed by atoms with Crippen LogP contribution in [0.15, 0.2) is 6.33 Å². The zero-order valence-electron chi connectivity index (χ0n) is 10.6. The fraction of sp³-hybridized carbons (Fsp3) is 0.545. The van der Waals surface area contributed by atoms with Crippen molar-refractivity contribution in [3.63, 3.8) is 0 Å². The van der Waals surface area contributed by atoms with Gasteiger partial charge in [-0.3, -0.25) is 4.57 Å². The summed E-state index contributed by atoms with van der Waals surface area (Å²) in [6.45, 7) is -0.295. The van der Waals surface area contributed by atoms with Crippen molar-refractivity contribution in [2.24, 2.45) is 0 Å². The molecule has 2 N–H and O–H groups in total. The Hall–Kier alpha value is -1.84. The maximum absolute atomic E-state index is 13.4. The highest BCUT2D eigenvalue weighted by atomic mass is 19.1. The van der Waals surface area contributed by atoms with Crippen LogP contribution in [0, 0.1) is 6.08 Å². The minimum absolute atomic E-state index is 0.0310. The molecule has 3 heterocycles. The van der Waals surface area contributed by atoms with Crippen LogP contribution in [-0.4, -0.2) is 55.7 Å². The third-order valence-electron chi connectivity index (χ3n) is 3.25. The lowest BCUT2D eigenvalue weighted by molar-refractivity contribution is -0.0432. The van der Waals surface area contributed by atoms with E-state index in [2.05, 4.69) is 15.0 Å². The van der Waals surface area contributed by atoms with Gasteiger partial charge in [0.2, 0.25) is 5.88 Å². The van der Waals surface area contributed by atoms with Gasteiger partial charge < -0.3 is 19.7 Å². The Morgan fingerprint density at radius 3 is 3.00 bits per heavy atom. The number of ether oxygens (including phenoxy) is 2. The number of hydrogen-bond donors (Lipinski definition) is 2. The van der Waals surface area contributed by atoms with E-state index >= 15 is 0 Å². The summed E-state index contributed by atoms with van der Waals surface area (Å²) in [5.41, 5.74) is 0.518. The second-order valence-electron chi connectivity index (χ2n) is 4.44. The van der Waals surface area contributed by atoms with Gasteiger partial charge in [0.05, 0.1) is 26.1 Å². The summed E-state index contributed by atoms with van der Waals surface area (Å²) in [5, 5.41) is 18.8. The number of halogens is 1. The summed E-state index contributed by atoms with van der Waals surface area (Å²) in [4.78, 5) is 11.3. The Labute approximate surface area is 112 Å². The van der Waals surface area contributed by atoms with Gasteiger partial charge in [0.25, 0.3) is 0 Å². The van der Waals surface area contributed by atoms with E-state index in [4.69, 9.17) is 14.6 Å². The first-order valence-electron chi connectivity index (χ1n) is 6.02. The average molecular weight is 284 g/mol. The molecule has 9 heteroatoms. The number of hydrogen-bond acceptors (Lipinski definition) is 7. The highest BCUT2D eigenvalue weighted by Crippen LogP contribution is 2.32. The molecule has 108 valence electrons. The van der Waals surface area contributed by atoms with Gasteiger partial charge in [-0.1, -0.05) is 0 Å². The molecule has 3 rings (SSSR count). The van der Waals surface area contributed by atoms with Crippen molar-refractivity contribution in [3.05, 3.63) is 12.4 Å². The largest absolute Gasteiger partial charge is 0.479 e. The van der Waals surface area contributed by atoms with E-state index in [1.54, 1.807) is 0 Å². The standard InChI is InChI=1S/C11H13FN4O4/c1-19-10-8-9(14-11(12)15-10)16(4-13-8)7-2-5(18)6(3-17)20-7/h4-7,17-18H,2-3H2,1H3/t5-,6+,7-/m1/s1. The molecule has 0 spiro atoms. The van der Waals surface area contributed by atoms with Crippen LogP contribution in [0.2, 0.25) is 0 Å². The number of aliphatic hydroxyl groups excluding tert-OH is 2. The molecule has 0 amide bonds. The third-order valence-corrected chi connectivity index (χ3v) is 3.25. The second kappa shape index (κ2) is 4.93. The van der Waals surface area contributed by atoms with E-state index in [-0.39, 0.29) is 24.6 Å². The van der Waals surface area contributed by atoms with Crippen LogP contribution >= 0.6 is 0 Å². The first-order valence-corrected chi connectivity index (χ1v) is 6.02. The lowest BCUT2D eigenvalue weighted by Crippen LogP contribution is -2.24. The lowest BCUT2D eigenvalue weighted by atomic mass is 10.2. The SMILES string of the molecule is COc1nc(F)nc2c1ncn2[C@H]1C[C@@H](O)[C@H](CO)O1. The fourth-order valence-corrected chi connectivity index (χ4v) is 2.27. The van der Waals surface area contributed by atoms with E-state index in [1.165, 1.54) is 18.0 Å². The molecule has 0 unspecified atom stereocenters. The van der Waals surface area contributed by atoms with Gasteiger partial charge >= 0.3 is 6.08 Å². The Bertz CT molecular complexity index is 634. The summed E-state index contributed by atoms with van der Waals surface area (Å²) in [5.74, 6) is 0.0310. The molecular formula is C11H13FN4O4. The zero-order valence-corrected chi connectivity index (χ0v) is 10.6. The van der Waals surface area contributed by atoms with Crippen LogP contribution < -0.4 is 4.74 Å². The van der Waals surface area contributed by atoms with Crippen LogP contribution in [-0.2, 0) is 4.74 Å². The van der Waals surface area contributed by atoms with Crippen molar-refractivity contribution in [1.29, 1.82) is 0 Å². The molecule has 0 aromatic carbocycles. The smallest absolute Gasteiger partial charge is 0.314 e. The molecule has 1 fully saturated rings. The van der Waals surface area contributed by atoms with Gasteiger partial charge in [-0.2, -0.15) is 14.4 Å². The van der Waals surface area contributed by atoms with Crippen LogP contribution in [0.3, 0.4) is 0 Å². The Morgan fingerprint density at radius 2 is 2.35 bits per heavy atom. The number of nitrogens with zero attached hydrogens (tertiary/aromatic N) is 4. The minimum atomic E-state index is -0.937. The highest BCUT2D eigenvalue weighted by Gasteiger charge is 2.35. The van der Waals surface area contributed by atoms with Gasteiger partial charge in [-0.25, -0.2) is 4.98 Å². The van der Waals surface area contributed by atoms with Crippen molar-refractivity contribution >= 4 is 11.2 Å². The summed E-state index contributed by atoms with van der Waals surface area (Å²) < 4.78 is 25.3. The highest BCUT2D eigenvalue weighted by molar-refractivity contribution is 5.76. The van der Waals surface area contributed by atoms with Crippen LogP contribution in [0.1, 0.15) is 12.6 Å².